The summed E-state index contributed by atoms with van der Waals surface area (Å²) >= 11 is 4.83. The first-order valence-electron chi connectivity index (χ1n) is 3.54. The average molecular weight is 186 g/mol. The predicted molar refractivity (Wildman–Crippen MR) is 54.8 cm³/mol. The van der Waals surface area contributed by atoms with E-state index in [0.29, 0.717) is 16.1 Å². The molecule has 62 valence electrons. The number of benzene rings is 1. The van der Waals surface area contributed by atoms with Gasteiger partial charge in [-0.25, -0.2) is 0 Å². The summed E-state index contributed by atoms with van der Waals surface area (Å²) in [5, 5.41) is 8.27. The Labute approximate surface area is 82.0 Å². The van der Waals surface area contributed by atoms with Crippen molar-refractivity contribution in [1.29, 1.82) is 5.26 Å². The summed E-state index contributed by atoms with van der Waals surface area (Å²) in [7, 11) is 0. The van der Waals surface area contributed by atoms with Crippen molar-refractivity contribution >= 4 is 17.2 Å². The van der Waals surface area contributed by atoms with Crippen LogP contribution in [0.5, 0.6) is 0 Å². The highest BCUT2D eigenvalue weighted by Crippen LogP contribution is 2.06. The van der Waals surface area contributed by atoms with Gasteiger partial charge in [0.25, 0.3) is 0 Å². The largest absolute Gasteiger partial charge is 0.389 e. The summed E-state index contributed by atoms with van der Waals surface area (Å²) in [6.07, 6.45) is 0. The maximum atomic E-state index is 8.27. The molecule has 0 aliphatic carbocycles. The lowest BCUT2D eigenvalue weighted by molar-refractivity contribution is 1.54. The van der Waals surface area contributed by atoms with Crippen molar-refractivity contribution in [3.05, 3.63) is 35.4 Å². The molecule has 13 heavy (non-hydrogen) atoms. The standard InChI is InChI=1S/C10H6N2S/c11-7-3-5-8-4-1-2-6-9(8)10(12)13/h1-2,4,6H,(H2,12,13). The fourth-order valence-electron chi connectivity index (χ4n) is 0.902. The lowest BCUT2D eigenvalue weighted by Crippen LogP contribution is -2.10. The molecule has 0 aliphatic rings. The predicted octanol–water partition coefficient (Wildman–Crippen LogP) is 1.20. The quantitative estimate of drug-likeness (QED) is 0.529. The van der Waals surface area contributed by atoms with Crippen LogP contribution in [0, 0.1) is 23.2 Å². The van der Waals surface area contributed by atoms with Crippen LogP contribution < -0.4 is 5.73 Å². The first kappa shape index (κ1) is 9.25. The third kappa shape index (κ3) is 2.30. The molecule has 0 spiro atoms. The van der Waals surface area contributed by atoms with E-state index in [1.54, 1.807) is 18.2 Å². The van der Waals surface area contributed by atoms with Crippen LogP contribution in [-0.2, 0) is 0 Å². The van der Waals surface area contributed by atoms with Crippen LogP contribution in [0.25, 0.3) is 0 Å². The van der Waals surface area contributed by atoms with Gasteiger partial charge in [0.05, 0.1) is 0 Å². The maximum absolute atomic E-state index is 8.27. The van der Waals surface area contributed by atoms with E-state index >= 15 is 0 Å². The summed E-state index contributed by atoms with van der Waals surface area (Å²) in [5.74, 6) is 4.97. The molecule has 0 atom stereocenters. The molecule has 2 nitrogen and oxygen atoms in total. The summed E-state index contributed by atoms with van der Waals surface area (Å²) in [6, 6.07) is 8.94. The van der Waals surface area contributed by atoms with E-state index in [1.165, 1.54) is 0 Å². The van der Waals surface area contributed by atoms with Crippen LogP contribution >= 0.6 is 12.2 Å². The van der Waals surface area contributed by atoms with Crippen LogP contribution in [0.3, 0.4) is 0 Å². The van der Waals surface area contributed by atoms with Gasteiger partial charge in [-0.05, 0) is 6.07 Å². The minimum absolute atomic E-state index is 0.294. The van der Waals surface area contributed by atoms with Crippen molar-refractivity contribution in [3.8, 4) is 17.9 Å². The van der Waals surface area contributed by atoms with Crippen molar-refractivity contribution in [3.63, 3.8) is 0 Å². The fraction of sp³-hybridized carbons (Fsp3) is 0. The molecule has 0 saturated carbocycles. The summed E-state index contributed by atoms with van der Waals surface area (Å²) in [5.41, 5.74) is 6.87. The third-order valence-corrected chi connectivity index (χ3v) is 1.67. The number of nitrogens with two attached hydrogens (primary N) is 1. The maximum Gasteiger partial charge on any atom is 0.152 e. The number of hydrogen-bond acceptors (Lipinski definition) is 2. The smallest absolute Gasteiger partial charge is 0.152 e. The minimum Gasteiger partial charge on any atom is -0.389 e. The number of rotatable bonds is 1. The Morgan fingerprint density at radius 1 is 1.38 bits per heavy atom. The number of thiocarbonyl (C=S) groups is 1. The second kappa shape index (κ2) is 4.25. The summed E-state index contributed by atoms with van der Waals surface area (Å²) < 4.78 is 0. The molecule has 3 heteroatoms. The zero-order chi connectivity index (χ0) is 9.68. The van der Waals surface area contributed by atoms with Gasteiger partial charge in [0.15, 0.2) is 6.07 Å². The van der Waals surface area contributed by atoms with E-state index in [2.05, 4.69) is 11.8 Å². The van der Waals surface area contributed by atoms with Gasteiger partial charge in [-0.15, -0.1) is 0 Å². The molecular formula is C10H6N2S. The molecular weight excluding hydrogens is 180 g/mol. The topological polar surface area (TPSA) is 49.8 Å². The second-order valence-electron chi connectivity index (χ2n) is 2.27. The van der Waals surface area contributed by atoms with Gasteiger partial charge in [0.1, 0.15) is 4.99 Å². The van der Waals surface area contributed by atoms with Gasteiger partial charge in [0.2, 0.25) is 0 Å². The molecule has 2 N–H and O–H groups in total. The van der Waals surface area contributed by atoms with Crippen LogP contribution in [-0.4, -0.2) is 4.99 Å². The van der Waals surface area contributed by atoms with E-state index in [1.807, 2.05) is 12.1 Å². The van der Waals surface area contributed by atoms with Gasteiger partial charge >= 0.3 is 0 Å². The number of nitriles is 1. The highest BCUT2D eigenvalue weighted by Gasteiger charge is 2.00. The van der Waals surface area contributed by atoms with Crippen molar-refractivity contribution in [1.82, 2.24) is 0 Å². The molecule has 1 aromatic rings. The third-order valence-electron chi connectivity index (χ3n) is 1.45. The van der Waals surface area contributed by atoms with E-state index in [-0.39, 0.29) is 0 Å². The average Bonchev–Trinajstić information content (AvgIpc) is 2.15. The summed E-state index contributed by atoms with van der Waals surface area (Å²) in [6.45, 7) is 0. The highest BCUT2D eigenvalue weighted by atomic mass is 32.1. The molecule has 0 aliphatic heterocycles. The molecule has 0 amide bonds. The van der Waals surface area contributed by atoms with Gasteiger partial charge in [-0.3, -0.25) is 0 Å². The van der Waals surface area contributed by atoms with Crippen molar-refractivity contribution in [2.75, 3.05) is 0 Å². The Bertz CT molecular complexity index is 432. The van der Waals surface area contributed by atoms with Gasteiger partial charge < -0.3 is 5.73 Å². The van der Waals surface area contributed by atoms with E-state index < -0.39 is 0 Å². The summed E-state index contributed by atoms with van der Waals surface area (Å²) in [4.78, 5) is 0.294. The van der Waals surface area contributed by atoms with Crippen LogP contribution in [0.1, 0.15) is 11.1 Å². The van der Waals surface area contributed by atoms with Gasteiger partial charge in [0, 0.05) is 17.0 Å². The number of nitrogens with zero attached hydrogens (tertiary/aromatic N) is 1. The lowest BCUT2D eigenvalue weighted by Gasteiger charge is -1.99. The van der Waals surface area contributed by atoms with Crippen molar-refractivity contribution in [2.45, 2.75) is 0 Å². The lowest BCUT2D eigenvalue weighted by atomic mass is 10.1. The van der Waals surface area contributed by atoms with Gasteiger partial charge in [-0.1, -0.05) is 36.3 Å². The molecule has 0 aromatic heterocycles. The SMILES string of the molecule is N#CC#Cc1ccccc1C(N)=S. The molecule has 1 aromatic carbocycles. The molecule has 0 fully saturated rings. The Balaban J connectivity index is 3.22. The van der Waals surface area contributed by atoms with E-state index in [4.69, 9.17) is 23.2 Å². The zero-order valence-electron chi connectivity index (χ0n) is 6.74. The minimum atomic E-state index is 0.294. The van der Waals surface area contributed by atoms with Crippen molar-refractivity contribution in [2.24, 2.45) is 5.73 Å². The first-order chi connectivity index (χ1) is 6.25. The second-order valence-corrected chi connectivity index (χ2v) is 2.71. The Kier molecular flexibility index (Phi) is 3.03. The first-order valence-corrected chi connectivity index (χ1v) is 3.95. The molecule has 0 radical (unpaired) electrons. The molecule has 0 saturated heterocycles. The van der Waals surface area contributed by atoms with Gasteiger partial charge in [-0.2, -0.15) is 5.26 Å². The monoisotopic (exact) mass is 186 g/mol. The zero-order valence-corrected chi connectivity index (χ0v) is 7.56. The van der Waals surface area contributed by atoms with Crippen LogP contribution in [0.4, 0.5) is 0 Å². The molecule has 0 bridgehead atoms. The van der Waals surface area contributed by atoms with Crippen molar-refractivity contribution < 1.29 is 0 Å². The fourth-order valence-corrected chi connectivity index (χ4v) is 1.08. The molecule has 1 rings (SSSR count). The van der Waals surface area contributed by atoms with Crippen LogP contribution in [0.2, 0.25) is 0 Å². The molecule has 0 heterocycles. The molecule has 0 unspecified atom stereocenters. The Morgan fingerprint density at radius 3 is 2.69 bits per heavy atom. The number of hydrogen-bond donors (Lipinski definition) is 1. The Hall–Kier alpha value is -1.84. The van der Waals surface area contributed by atoms with E-state index in [0.717, 1.165) is 0 Å². The normalized spacial score (nSPS) is 7.92. The van der Waals surface area contributed by atoms with E-state index in [9.17, 15) is 0 Å². The van der Waals surface area contributed by atoms with Crippen LogP contribution in [0.15, 0.2) is 24.3 Å². The highest BCUT2D eigenvalue weighted by molar-refractivity contribution is 7.80. The Morgan fingerprint density at radius 2 is 2.08 bits per heavy atom.